The number of hydrogen-bond donors (Lipinski definition) is 1. The van der Waals surface area contributed by atoms with E-state index in [1.165, 1.54) is 28.7 Å². The van der Waals surface area contributed by atoms with Crippen molar-refractivity contribution >= 4 is 39.2 Å². The van der Waals surface area contributed by atoms with Gasteiger partial charge in [-0.2, -0.15) is 0 Å². The molecule has 0 unspecified atom stereocenters. The molecule has 0 aliphatic carbocycles. The number of benzene rings is 2. The highest BCUT2D eigenvalue weighted by atomic mass is 32.2. The van der Waals surface area contributed by atoms with Gasteiger partial charge in [0.25, 0.3) is 5.56 Å². The van der Waals surface area contributed by atoms with Gasteiger partial charge in [0.15, 0.2) is 16.7 Å². The van der Waals surface area contributed by atoms with Crippen LogP contribution in [0.2, 0.25) is 0 Å². The Morgan fingerprint density at radius 2 is 1.80 bits per heavy atom. The highest BCUT2D eigenvalue weighted by Crippen LogP contribution is 2.28. The van der Waals surface area contributed by atoms with Crippen molar-refractivity contribution in [1.82, 2.24) is 14.9 Å². The molecule has 35 heavy (non-hydrogen) atoms. The molecule has 4 rings (SSSR count). The Balaban J connectivity index is 1.48. The van der Waals surface area contributed by atoms with Crippen LogP contribution in [-0.4, -0.2) is 35.4 Å². The van der Waals surface area contributed by atoms with E-state index in [1.54, 1.807) is 18.8 Å². The molecule has 1 amide bonds. The van der Waals surface area contributed by atoms with E-state index in [1.807, 2.05) is 60.8 Å². The lowest BCUT2D eigenvalue weighted by Crippen LogP contribution is -2.27. The van der Waals surface area contributed by atoms with E-state index >= 15 is 0 Å². The van der Waals surface area contributed by atoms with E-state index in [9.17, 15) is 9.59 Å². The van der Waals surface area contributed by atoms with E-state index in [0.29, 0.717) is 46.4 Å². The summed E-state index contributed by atoms with van der Waals surface area (Å²) in [5.74, 6) is 1.36. The zero-order valence-corrected chi connectivity index (χ0v) is 21.5. The maximum atomic E-state index is 13.2. The van der Waals surface area contributed by atoms with Gasteiger partial charge >= 0.3 is 0 Å². The van der Waals surface area contributed by atoms with Crippen molar-refractivity contribution in [3.05, 3.63) is 81.0 Å². The Morgan fingerprint density at radius 3 is 2.54 bits per heavy atom. The van der Waals surface area contributed by atoms with E-state index < -0.39 is 0 Å². The first kappa shape index (κ1) is 24.8. The van der Waals surface area contributed by atoms with Crippen LogP contribution in [0.25, 0.3) is 10.2 Å². The number of nitrogens with one attached hydrogen (secondary N) is 1. The van der Waals surface area contributed by atoms with Crippen LogP contribution in [0.4, 0.5) is 0 Å². The molecular weight excluding hydrogens is 482 g/mol. The fraction of sp³-hybridized carbons (Fsp3) is 0.269. The number of thiophene rings is 1. The number of carbonyl (C=O) groups is 1. The standard InChI is InChI=1S/C26H27N3O4S2/c1-17-4-6-19(7-5-17)15-27-23(30)16-35-26-28-20-11-13-34-24(20)25(31)29(26)12-10-18-8-9-21(32-2)22(14-18)33-3/h4-9,11,13-14H,10,12,15-16H2,1-3H3,(H,27,30). The summed E-state index contributed by atoms with van der Waals surface area (Å²) in [6.45, 7) is 2.92. The maximum absolute atomic E-state index is 13.2. The minimum atomic E-state index is -0.110. The number of carbonyl (C=O) groups excluding carboxylic acids is 1. The predicted octanol–water partition coefficient (Wildman–Crippen LogP) is 4.43. The van der Waals surface area contributed by atoms with Crippen LogP contribution in [-0.2, 0) is 24.3 Å². The molecule has 1 N–H and O–H groups in total. The fourth-order valence-corrected chi connectivity index (χ4v) is 5.23. The molecule has 9 heteroatoms. The Morgan fingerprint density at radius 1 is 1.06 bits per heavy atom. The highest BCUT2D eigenvalue weighted by Gasteiger charge is 2.15. The average molecular weight is 510 g/mol. The zero-order chi connectivity index (χ0) is 24.8. The molecule has 7 nitrogen and oxygen atoms in total. The molecule has 0 atom stereocenters. The summed E-state index contributed by atoms with van der Waals surface area (Å²) < 4.78 is 13.0. The maximum Gasteiger partial charge on any atom is 0.272 e. The van der Waals surface area contributed by atoms with Crippen LogP contribution >= 0.6 is 23.1 Å². The molecule has 0 aliphatic heterocycles. The second-order valence-electron chi connectivity index (χ2n) is 7.98. The summed E-state index contributed by atoms with van der Waals surface area (Å²) in [7, 11) is 3.19. The molecular formula is C26H27N3O4S2. The number of fused-ring (bicyclic) bond motifs is 1. The van der Waals surface area contributed by atoms with Gasteiger partial charge in [-0.15, -0.1) is 11.3 Å². The normalized spacial score (nSPS) is 10.9. The summed E-state index contributed by atoms with van der Waals surface area (Å²) in [4.78, 5) is 30.4. The summed E-state index contributed by atoms with van der Waals surface area (Å²) in [5, 5.41) is 5.33. The third-order valence-electron chi connectivity index (χ3n) is 5.55. The number of methoxy groups -OCH3 is 2. The SMILES string of the molecule is COc1ccc(CCn2c(SCC(=O)NCc3ccc(C)cc3)nc3ccsc3c2=O)cc1OC. The van der Waals surface area contributed by atoms with Crippen molar-refractivity contribution in [2.75, 3.05) is 20.0 Å². The molecule has 2 aromatic heterocycles. The zero-order valence-electron chi connectivity index (χ0n) is 19.9. The van der Waals surface area contributed by atoms with Gasteiger partial charge in [0.05, 0.1) is 25.5 Å². The molecule has 0 aliphatic rings. The van der Waals surface area contributed by atoms with Gasteiger partial charge in [-0.05, 0) is 48.1 Å². The van der Waals surface area contributed by atoms with Crippen molar-refractivity contribution in [3.8, 4) is 11.5 Å². The molecule has 4 aromatic rings. The molecule has 0 bridgehead atoms. The number of ether oxygens (including phenoxy) is 2. The molecule has 2 aromatic carbocycles. The van der Waals surface area contributed by atoms with Gasteiger partial charge in [0.1, 0.15) is 4.70 Å². The van der Waals surface area contributed by atoms with Gasteiger partial charge in [-0.3, -0.25) is 14.2 Å². The highest BCUT2D eigenvalue weighted by molar-refractivity contribution is 7.99. The summed E-state index contributed by atoms with van der Waals surface area (Å²) in [6, 6.07) is 15.6. The number of nitrogens with zero attached hydrogens (tertiary/aromatic N) is 2. The first-order valence-electron chi connectivity index (χ1n) is 11.1. The Labute approximate surface area is 212 Å². The molecule has 0 saturated carbocycles. The lowest BCUT2D eigenvalue weighted by molar-refractivity contribution is -0.118. The fourth-order valence-electron chi connectivity index (χ4n) is 3.60. The topological polar surface area (TPSA) is 82.5 Å². The van der Waals surface area contributed by atoms with Crippen LogP contribution in [0.3, 0.4) is 0 Å². The molecule has 182 valence electrons. The minimum absolute atomic E-state index is 0.0898. The van der Waals surface area contributed by atoms with Crippen LogP contribution in [0.1, 0.15) is 16.7 Å². The van der Waals surface area contributed by atoms with E-state index in [0.717, 1.165) is 11.1 Å². The Bertz CT molecular complexity index is 1380. The number of aromatic nitrogens is 2. The average Bonchev–Trinajstić information content (AvgIpc) is 3.35. The van der Waals surface area contributed by atoms with Crippen LogP contribution in [0.5, 0.6) is 11.5 Å². The first-order chi connectivity index (χ1) is 17.0. The quantitative estimate of drug-likeness (QED) is 0.252. The molecule has 0 spiro atoms. The van der Waals surface area contributed by atoms with Gasteiger partial charge < -0.3 is 14.8 Å². The number of aryl methyl sites for hydroxylation is 2. The predicted molar refractivity (Wildman–Crippen MR) is 141 cm³/mol. The second kappa shape index (κ2) is 11.4. The van der Waals surface area contributed by atoms with Gasteiger partial charge in [0, 0.05) is 13.1 Å². The lowest BCUT2D eigenvalue weighted by atomic mass is 10.1. The third kappa shape index (κ3) is 6.04. The van der Waals surface area contributed by atoms with Crippen molar-refractivity contribution in [3.63, 3.8) is 0 Å². The lowest BCUT2D eigenvalue weighted by Gasteiger charge is -2.13. The number of amides is 1. The second-order valence-corrected chi connectivity index (χ2v) is 9.84. The summed E-state index contributed by atoms with van der Waals surface area (Å²) in [5.41, 5.74) is 3.79. The van der Waals surface area contributed by atoms with Gasteiger partial charge in [-0.25, -0.2) is 4.98 Å². The summed E-state index contributed by atoms with van der Waals surface area (Å²) >= 11 is 2.65. The van der Waals surface area contributed by atoms with Crippen LogP contribution in [0, 0.1) is 6.92 Å². The van der Waals surface area contributed by atoms with Crippen molar-refractivity contribution in [2.45, 2.75) is 31.6 Å². The van der Waals surface area contributed by atoms with Crippen molar-refractivity contribution < 1.29 is 14.3 Å². The molecule has 2 heterocycles. The number of thioether (sulfide) groups is 1. The number of rotatable bonds is 10. The van der Waals surface area contributed by atoms with Gasteiger partial charge in [0.2, 0.25) is 5.91 Å². The monoisotopic (exact) mass is 509 g/mol. The first-order valence-corrected chi connectivity index (χ1v) is 13.0. The molecule has 0 saturated heterocycles. The number of hydrogen-bond acceptors (Lipinski definition) is 7. The van der Waals surface area contributed by atoms with E-state index in [4.69, 9.17) is 9.47 Å². The van der Waals surface area contributed by atoms with E-state index in [-0.39, 0.29) is 17.2 Å². The summed E-state index contributed by atoms with van der Waals surface area (Å²) in [6.07, 6.45) is 0.603. The van der Waals surface area contributed by atoms with Crippen LogP contribution < -0.4 is 20.3 Å². The smallest absolute Gasteiger partial charge is 0.272 e. The minimum Gasteiger partial charge on any atom is -0.493 e. The van der Waals surface area contributed by atoms with Gasteiger partial charge in [-0.1, -0.05) is 47.7 Å². The molecule has 0 radical (unpaired) electrons. The van der Waals surface area contributed by atoms with Crippen LogP contribution in [0.15, 0.2) is 63.9 Å². The molecule has 0 fully saturated rings. The Hall–Kier alpha value is -3.30. The Kier molecular flexibility index (Phi) is 8.09. The van der Waals surface area contributed by atoms with Crippen molar-refractivity contribution in [2.24, 2.45) is 0 Å². The van der Waals surface area contributed by atoms with Crippen molar-refractivity contribution in [1.29, 1.82) is 0 Å². The van der Waals surface area contributed by atoms with E-state index in [2.05, 4.69) is 10.3 Å². The third-order valence-corrected chi connectivity index (χ3v) is 7.41. The largest absolute Gasteiger partial charge is 0.493 e.